The first kappa shape index (κ1) is 13.5. The Labute approximate surface area is 120 Å². The summed E-state index contributed by atoms with van der Waals surface area (Å²) >= 11 is 3.38. The third kappa shape index (κ3) is 3.12. The second-order valence-corrected chi connectivity index (χ2v) is 5.13. The summed E-state index contributed by atoms with van der Waals surface area (Å²) in [4.78, 5) is 16.5. The van der Waals surface area contributed by atoms with E-state index in [1.807, 2.05) is 19.9 Å². The van der Waals surface area contributed by atoms with Gasteiger partial charge in [-0.25, -0.2) is 0 Å². The van der Waals surface area contributed by atoms with Crippen molar-refractivity contribution in [3.63, 3.8) is 0 Å². The van der Waals surface area contributed by atoms with Gasteiger partial charge in [0.15, 0.2) is 0 Å². The van der Waals surface area contributed by atoms with Crippen LogP contribution in [0.5, 0.6) is 0 Å². The van der Waals surface area contributed by atoms with Crippen LogP contribution in [0.15, 0.2) is 34.8 Å². The molecule has 1 amide bonds. The van der Waals surface area contributed by atoms with Crippen molar-refractivity contribution < 1.29 is 4.79 Å². The van der Waals surface area contributed by atoms with Crippen molar-refractivity contribution in [2.24, 2.45) is 0 Å². The molecule has 0 spiro atoms. The number of nitrogens with one attached hydrogen (secondary N) is 1. The van der Waals surface area contributed by atoms with E-state index in [0.717, 1.165) is 10.2 Å². The van der Waals surface area contributed by atoms with Crippen molar-refractivity contribution in [2.45, 2.75) is 13.8 Å². The standard InChI is InChI=1S/C14H14BrN3O/c1-8-3-5-11(9(2)17-8)14(19)18-13-7-10(16)4-6-12(13)15/h3-7H,16H2,1-2H3,(H,18,19). The molecule has 1 heterocycles. The van der Waals surface area contributed by atoms with Gasteiger partial charge in [-0.1, -0.05) is 0 Å². The van der Waals surface area contributed by atoms with Crippen molar-refractivity contribution in [1.29, 1.82) is 0 Å². The van der Waals surface area contributed by atoms with Crippen LogP contribution in [0.2, 0.25) is 0 Å². The number of nitrogens with zero attached hydrogens (tertiary/aromatic N) is 1. The highest BCUT2D eigenvalue weighted by Crippen LogP contribution is 2.25. The molecule has 5 heteroatoms. The van der Waals surface area contributed by atoms with Gasteiger partial charge in [-0.3, -0.25) is 9.78 Å². The highest BCUT2D eigenvalue weighted by atomic mass is 79.9. The Kier molecular flexibility index (Phi) is 3.85. The summed E-state index contributed by atoms with van der Waals surface area (Å²) in [6.07, 6.45) is 0. The number of aromatic nitrogens is 1. The molecular weight excluding hydrogens is 306 g/mol. The summed E-state index contributed by atoms with van der Waals surface area (Å²) in [7, 11) is 0. The number of nitrogens with two attached hydrogens (primary N) is 1. The van der Waals surface area contributed by atoms with E-state index in [1.54, 1.807) is 24.3 Å². The van der Waals surface area contributed by atoms with Gasteiger partial charge in [0.1, 0.15) is 0 Å². The largest absolute Gasteiger partial charge is 0.399 e. The Morgan fingerprint density at radius 2 is 2.00 bits per heavy atom. The van der Waals surface area contributed by atoms with Gasteiger partial charge in [0.05, 0.1) is 16.9 Å². The number of carbonyl (C=O) groups excluding carboxylic acids is 1. The second-order valence-electron chi connectivity index (χ2n) is 4.28. The average molecular weight is 320 g/mol. The van der Waals surface area contributed by atoms with Crippen LogP contribution < -0.4 is 11.1 Å². The van der Waals surface area contributed by atoms with Gasteiger partial charge in [0.25, 0.3) is 5.91 Å². The van der Waals surface area contributed by atoms with Gasteiger partial charge in [0.2, 0.25) is 0 Å². The second kappa shape index (κ2) is 5.40. The topological polar surface area (TPSA) is 68.0 Å². The molecule has 0 radical (unpaired) electrons. The Morgan fingerprint density at radius 1 is 1.26 bits per heavy atom. The molecule has 1 aromatic carbocycles. The molecule has 0 aliphatic carbocycles. The number of halogens is 1. The summed E-state index contributed by atoms with van der Waals surface area (Å²) in [6.45, 7) is 3.71. The van der Waals surface area contributed by atoms with E-state index in [9.17, 15) is 4.79 Å². The van der Waals surface area contributed by atoms with Crippen molar-refractivity contribution in [1.82, 2.24) is 4.98 Å². The third-order valence-corrected chi connectivity index (χ3v) is 3.40. The molecule has 3 N–H and O–H groups in total. The molecule has 19 heavy (non-hydrogen) atoms. The van der Waals surface area contributed by atoms with E-state index < -0.39 is 0 Å². The maximum absolute atomic E-state index is 12.2. The molecule has 4 nitrogen and oxygen atoms in total. The molecule has 0 unspecified atom stereocenters. The number of anilines is 2. The molecule has 0 atom stereocenters. The van der Waals surface area contributed by atoms with Crippen molar-refractivity contribution in [3.05, 3.63) is 51.8 Å². The molecule has 0 saturated heterocycles. The predicted molar refractivity (Wildman–Crippen MR) is 80.2 cm³/mol. The van der Waals surface area contributed by atoms with E-state index in [1.165, 1.54) is 0 Å². The van der Waals surface area contributed by atoms with Crippen LogP contribution in [0.25, 0.3) is 0 Å². The molecule has 2 aromatic rings. The van der Waals surface area contributed by atoms with Gasteiger partial charge < -0.3 is 11.1 Å². The zero-order valence-electron chi connectivity index (χ0n) is 10.7. The maximum Gasteiger partial charge on any atom is 0.257 e. The fraction of sp³-hybridized carbons (Fsp3) is 0.143. The molecule has 0 saturated carbocycles. The number of hydrogen-bond acceptors (Lipinski definition) is 3. The smallest absolute Gasteiger partial charge is 0.257 e. The van der Waals surface area contributed by atoms with Gasteiger partial charge in [-0.05, 0) is 60.1 Å². The molecule has 0 aliphatic rings. The minimum Gasteiger partial charge on any atom is -0.399 e. The molecule has 2 rings (SSSR count). The highest BCUT2D eigenvalue weighted by Gasteiger charge is 2.12. The molecular formula is C14H14BrN3O. The van der Waals surface area contributed by atoms with Crippen LogP contribution >= 0.6 is 15.9 Å². The third-order valence-electron chi connectivity index (χ3n) is 2.71. The fourth-order valence-corrected chi connectivity index (χ4v) is 2.10. The number of hydrogen-bond donors (Lipinski definition) is 2. The quantitative estimate of drug-likeness (QED) is 0.834. The lowest BCUT2D eigenvalue weighted by atomic mass is 10.1. The van der Waals surface area contributed by atoms with Gasteiger partial charge in [0, 0.05) is 15.9 Å². The van der Waals surface area contributed by atoms with Gasteiger partial charge >= 0.3 is 0 Å². The van der Waals surface area contributed by atoms with Crippen LogP contribution in [0, 0.1) is 13.8 Å². The van der Waals surface area contributed by atoms with E-state index in [-0.39, 0.29) is 5.91 Å². The van der Waals surface area contributed by atoms with Crippen molar-refractivity contribution in [3.8, 4) is 0 Å². The van der Waals surface area contributed by atoms with E-state index in [0.29, 0.717) is 22.6 Å². The monoisotopic (exact) mass is 319 g/mol. The number of nitrogen functional groups attached to an aromatic ring is 1. The molecule has 0 bridgehead atoms. The van der Waals surface area contributed by atoms with E-state index >= 15 is 0 Å². The highest BCUT2D eigenvalue weighted by molar-refractivity contribution is 9.10. The zero-order chi connectivity index (χ0) is 14.0. The first-order valence-corrected chi connectivity index (χ1v) is 6.57. The minimum absolute atomic E-state index is 0.198. The minimum atomic E-state index is -0.198. The lowest BCUT2D eigenvalue weighted by molar-refractivity contribution is 0.102. The maximum atomic E-state index is 12.2. The molecule has 98 valence electrons. The summed E-state index contributed by atoms with van der Waals surface area (Å²) in [5.74, 6) is -0.198. The normalized spacial score (nSPS) is 10.3. The number of benzene rings is 1. The van der Waals surface area contributed by atoms with Crippen LogP contribution in [0.3, 0.4) is 0 Å². The SMILES string of the molecule is Cc1ccc(C(=O)Nc2cc(N)ccc2Br)c(C)n1. The van der Waals surface area contributed by atoms with Gasteiger partial charge in [-0.15, -0.1) is 0 Å². The zero-order valence-corrected chi connectivity index (χ0v) is 12.3. The number of amides is 1. The summed E-state index contributed by atoms with van der Waals surface area (Å²) in [6, 6.07) is 8.85. The summed E-state index contributed by atoms with van der Waals surface area (Å²) in [5, 5.41) is 2.82. The van der Waals surface area contributed by atoms with Crippen LogP contribution in [-0.2, 0) is 0 Å². The fourth-order valence-electron chi connectivity index (χ4n) is 1.75. The predicted octanol–water partition coefficient (Wildman–Crippen LogP) is 3.30. The first-order chi connectivity index (χ1) is 8.97. The Balaban J connectivity index is 2.28. The molecule has 1 aromatic heterocycles. The van der Waals surface area contributed by atoms with Crippen LogP contribution in [0.4, 0.5) is 11.4 Å². The van der Waals surface area contributed by atoms with Crippen molar-refractivity contribution >= 4 is 33.2 Å². The summed E-state index contributed by atoms with van der Waals surface area (Å²) in [5.41, 5.74) is 9.10. The Morgan fingerprint density at radius 3 is 2.68 bits per heavy atom. The van der Waals surface area contributed by atoms with E-state index in [2.05, 4.69) is 26.2 Å². The number of carbonyl (C=O) groups is 1. The first-order valence-electron chi connectivity index (χ1n) is 5.78. The van der Waals surface area contributed by atoms with Crippen molar-refractivity contribution in [2.75, 3.05) is 11.1 Å². The Bertz CT molecular complexity index is 641. The molecule has 0 aliphatic heterocycles. The van der Waals surface area contributed by atoms with E-state index in [4.69, 9.17) is 5.73 Å². The van der Waals surface area contributed by atoms with Crippen LogP contribution in [0.1, 0.15) is 21.7 Å². The number of rotatable bonds is 2. The molecule has 0 fully saturated rings. The Hall–Kier alpha value is -1.88. The number of aryl methyl sites for hydroxylation is 2. The lowest BCUT2D eigenvalue weighted by Crippen LogP contribution is -2.14. The number of pyridine rings is 1. The van der Waals surface area contributed by atoms with Gasteiger partial charge in [-0.2, -0.15) is 0 Å². The lowest BCUT2D eigenvalue weighted by Gasteiger charge is -2.10. The average Bonchev–Trinajstić information content (AvgIpc) is 2.33. The van der Waals surface area contributed by atoms with Crippen LogP contribution in [-0.4, -0.2) is 10.9 Å². The summed E-state index contributed by atoms with van der Waals surface area (Å²) < 4.78 is 0.785.